The van der Waals surface area contributed by atoms with Crippen LogP contribution in [0.3, 0.4) is 0 Å². The second-order valence-electron chi connectivity index (χ2n) is 5.28. The Morgan fingerprint density at radius 3 is 2.42 bits per heavy atom. The zero-order chi connectivity index (χ0) is 16.9. The summed E-state index contributed by atoms with van der Waals surface area (Å²) in [5, 5.41) is 2.81. The van der Waals surface area contributed by atoms with Gasteiger partial charge in [-0.3, -0.25) is 4.79 Å². The number of nitrogens with one attached hydrogen (secondary N) is 1. The van der Waals surface area contributed by atoms with Gasteiger partial charge in [-0.1, -0.05) is 0 Å². The zero-order valence-electron chi connectivity index (χ0n) is 13.6. The summed E-state index contributed by atoms with van der Waals surface area (Å²) in [4.78, 5) is 12.3. The van der Waals surface area contributed by atoms with Gasteiger partial charge in [-0.2, -0.15) is 0 Å². The number of amides is 1. The molecule has 0 fully saturated rings. The van der Waals surface area contributed by atoms with Gasteiger partial charge in [0, 0.05) is 11.8 Å². The fourth-order valence-electron chi connectivity index (χ4n) is 2.28. The molecule has 2 aromatic rings. The summed E-state index contributed by atoms with van der Waals surface area (Å²) < 4.78 is 21.7. The van der Waals surface area contributed by atoms with Crippen molar-refractivity contribution in [3.63, 3.8) is 0 Å². The van der Waals surface area contributed by atoms with E-state index in [9.17, 15) is 4.79 Å². The summed E-state index contributed by atoms with van der Waals surface area (Å²) in [6.07, 6.45) is -0.647. The van der Waals surface area contributed by atoms with Crippen LogP contribution in [0, 0.1) is 0 Å². The number of anilines is 1. The molecule has 126 valence electrons. The maximum absolute atomic E-state index is 12.3. The Morgan fingerprint density at radius 2 is 1.71 bits per heavy atom. The molecule has 6 heteroatoms. The van der Waals surface area contributed by atoms with Crippen molar-refractivity contribution < 1.29 is 23.7 Å². The van der Waals surface area contributed by atoms with Gasteiger partial charge in [-0.15, -0.1) is 0 Å². The van der Waals surface area contributed by atoms with E-state index in [1.807, 2.05) is 0 Å². The van der Waals surface area contributed by atoms with E-state index >= 15 is 0 Å². The molecule has 0 spiro atoms. The molecule has 1 aliphatic rings. The minimum absolute atomic E-state index is 0.248. The fraction of sp³-hybridized carbons (Fsp3) is 0.278. The van der Waals surface area contributed by atoms with Crippen molar-refractivity contribution in [3.05, 3.63) is 42.5 Å². The molecule has 0 radical (unpaired) electrons. The molecule has 1 aliphatic heterocycles. The smallest absolute Gasteiger partial charge is 0.265 e. The molecule has 6 nitrogen and oxygen atoms in total. The minimum atomic E-state index is -0.647. The van der Waals surface area contributed by atoms with Gasteiger partial charge in [0.2, 0.25) is 0 Å². The Balaban J connectivity index is 1.61. The third-order valence-electron chi connectivity index (χ3n) is 3.55. The third kappa shape index (κ3) is 3.71. The highest BCUT2D eigenvalue weighted by atomic mass is 16.6. The van der Waals surface area contributed by atoms with E-state index in [1.165, 1.54) is 0 Å². The fourth-order valence-corrected chi connectivity index (χ4v) is 2.28. The first kappa shape index (κ1) is 16.0. The van der Waals surface area contributed by atoms with Gasteiger partial charge in [-0.25, -0.2) is 0 Å². The monoisotopic (exact) mass is 329 g/mol. The summed E-state index contributed by atoms with van der Waals surface area (Å²) in [7, 11) is 1.60. The van der Waals surface area contributed by atoms with Crippen LogP contribution in [0.25, 0.3) is 0 Å². The molecule has 0 unspecified atom stereocenters. The molecule has 24 heavy (non-hydrogen) atoms. The lowest BCUT2D eigenvalue weighted by Crippen LogP contribution is -2.30. The number of benzene rings is 2. The first-order valence-electron chi connectivity index (χ1n) is 7.67. The first-order valence-corrected chi connectivity index (χ1v) is 7.67. The van der Waals surface area contributed by atoms with E-state index in [1.54, 1.807) is 56.5 Å². The number of ether oxygens (including phenoxy) is 4. The van der Waals surface area contributed by atoms with Crippen molar-refractivity contribution >= 4 is 11.6 Å². The predicted molar refractivity (Wildman–Crippen MR) is 89.1 cm³/mol. The first-order chi connectivity index (χ1) is 11.7. The quantitative estimate of drug-likeness (QED) is 0.914. The van der Waals surface area contributed by atoms with Crippen LogP contribution in [-0.2, 0) is 4.79 Å². The molecule has 0 aliphatic carbocycles. The van der Waals surface area contributed by atoms with Crippen molar-refractivity contribution in [2.75, 3.05) is 25.6 Å². The maximum atomic E-state index is 12.3. The highest BCUT2D eigenvalue weighted by Gasteiger charge is 2.17. The maximum Gasteiger partial charge on any atom is 0.265 e. The molecule has 0 saturated carbocycles. The van der Waals surface area contributed by atoms with Crippen molar-refractivity contribution in [2.45, 2.75) is 13.0 Å². The van der Waals surface area contributed by atoms with Gasteiger partial charge in [0.05, 0.1) is 7.11 Å². The van der Waals surface area contributed by atoms with Crippen LogP contribution in [0.15, 0.2) is 42.5 Å². The molecule has 1 N–H and O–H groups in total. The SMILES string of the molecule is COc1ccc(O[C@H](C)C(=O)Nc2ccc3c(c2)OCCO3)cc1. The van der Waals surface area contributed by atoms with E-state index in [2.05, 4.69) is 5.32 Å². The molecule has 3 rings (SSSR count). The highest BCUT2D eigenvalue weighted by molar-refractivity contribution is 5.94. The Morgan fingerprint density at radius 1 is 1.04 bits per heavy atom. The average molecular weight is 329 g/mol. The predicted octanol–water partition coefficient (Wildman–Crippen LogP) is 2.87. The molecular weight excluding hydrogens is 310 g/mol. The summed E-state index contributed by atoms with van der Waals surface area (Å²) in [5.41, 5.74) is 0.634. The second-order valence-corrected chi connectivity index (χ2v) is 5.28. The zero-order valence-corrected chi connectivity index (χ0v) is 13.6. The topological polar surface area (TPSA) is 66.0 Å². The molecule has 1 amide bonds. The van der Waals surface area contributed by atoms with Crippen molar-refractivity contribution in [3.8, 4) is 23.0 Å². The van der Waals surface area contributed by atoms with Gasteiger partial charge in [0.25, 0.3) is 5.91 Å². The second kappa shape index (κ2) is 7.12. The van der Waals surface area contributed by atoms with E-state index < -0.39 is 6.10 Å². The van der Waals surface area contributed by atoms with E-state index in [-0.39, 0.29) is 5.91 Å². The van der Waals surface area contributed by atoms with Crippen LogP contribution in [0.1, 0.15) is 6.92 Å². The third-order valence-corrected chi connectivity index (χ3v) is 3.55. The molecule has 0 bridgehead atoms. The van der Waals surface area contributed by atoms with E-state index in [0.717, 1.165) is 5.75 Å². The average Bonchev–Trinajstić information content (AvgIpc) is 2.62. The van der Waals surface area contributed by atoms with Crippen LogP contribution >= 0.6 is 0 Å². The van der Waals surface area contributed by atoms with E-state index in [0.29, 0.717) is 36.1 Å². The largest absolute Gasteiger partial charge is 0.497 e. The number of rotatable bonds is 5. The van der Waals surface area contributed by atoms with Crippen LogP contribution in [0.2, 0.25) is 0 Å². The Labute approximate surface area is 140 Å². The standard InChI is InChI=1S/C18H19NO5/c1-12(24-15-6-4-14(21-2)5-7-15)18(20)19-13-3-8-16-17(11-13)23-10-9-22-16/h3-8,11-12H,9-10H2,1-2H3,(H,19,20)/t12-/m1/s1. The Hall–Kier alpha value is -2.89. The lowest BCUT2D eigenvalue weighted by molar-refractivity contribution is -0.122. The van der Waals surface area contributed by atoms with Gasteiger partial charge in [0.1, 0.15) is 24.7 Å². The summed E-state index contributed by atoms with van der Waals surface area (Å²) in [5.74, 6) is 2.39. The molecule has 0 saturated heterocycles. The van der Waals surface area contributed by atoms with Crippen LogP contribution in [0.5, 0.6) is 23.0 Å². The number of carbonyl (C=O) groups excluding carboxylic acids is 1. The molecule has 0 aromatic heterocycles. The molecule has 2 aromatic carbocycles. The van der Waals surface area contributed by atoms with Gasteiger partial charge in [-0.05, 0) is 43.3 Å². The lowest BCUT2D eigenvalue weighted by Gasteiger charge is -2.19. The summed E-state index contributed by atoms with van der Waals surface area (Å²) in [6, 6.07) is 12.4. The van der Waals surface area contributed by atoms with Crippen molar-refractivity contribution in [1.29, 1.82) is 0 Å². The summed E-state index contributed by atoms with van der Waals surface area (Å²) in [6.45, 7) is 2.73. The van der Waals surface area contributed by atoms with Gasteiger partial charge >= 0.3 is 0 Å². The Kier molecular flexibility index (Phi) is 4.74. The van der Waals surface area contributed by atoms with Gasteiger partial charge < -0.3 is 24.3 Å². The van der Waals surface area contributed by atoms with Crippen LogP contribution in [0.4, 0.5) is 5.69 Å². The van der Waals surface area contributed by atoms with Gasteiger partial charge in [0.15, 0.2) is 17.6 Å². The van der Waals surface area contributed by atoms with Crippen LogP contribution in [-0.4, -0.2) is 32.3 Å². The Bertz CT molecular complexity index is 714. The molecular formula is C18H19NO5. The molecule has 1 heterocycles. The summed E-state index contributed by atoms with van der Waals surface area (Å²) >= 11 is 0. The number of methoxy groups -OCH3 is 1. The van der Waals surface area contributed by atoms with Crippen LogP contribution < -0.4 is 24.3 Å². The number of hydrogen-bond donors (Lipinski definition) is 1. The van der Waals surface area contributed by atoms with Crippen molar-refractivity contribution in [2.24, 2.45) is 0 Å². The van der Waals surface area contributed by atoms with E-state index in [4.69, 9.17) is 18.9 Å². The molecule has 1 atom stereocenters. The lowest BCUT2D eigenvalue weighted by atomic mass is 10.2. The number of hydrogen-bond acceptors (Lipinski definition) is 5. The highest BCUT2D eigenvalue weighted by Crippen LogP contribution is 2.32. The minimum Gasteiger partial charge on any atom is -0.497 e. The normalized spacial score (nSPS) is 13.8. The number of carbonyl (C=O) groups is 1. The van der Waals surface area contributed by atoms with Crippen molar-refractivity contribution in [1.82, 2.24) is 0 Å². The number of fused-ring (bicyclic) bond motifs is 1.